The summed E-state index contributed by atoms with van der Waals surface area (Å²) in [6.07, 6.45) is 0. The molecule has 0 fully saturated rings. The van der Waals surface area contributed by atoms with Gasteiger partial charge in [-0.3, -0.25) is 9.59 Å². The number of thioether (sulfide) groups is 1. The summed E-state index contributed by atoms with van der Waals surface area (Å²) in [5.41, 5.74) is 5.86. The third kappa shape index (κ3) is 4.59. The number of nitrogens with one attached hydrogen (secondary N) is 1. The minimum Gasteiger partial charge on any atom is -0.452 e. The maximum atomic E-state index is 12.1. The van der Waals surface area contributed by atoms with Gasteiger partial charge in [0.05, 0.1) is 11.1 Å². The van der Waals surface area contributed by atoms with Crippen molar-refractivity contribution in [2.45, 2.75) is 11.8 Å². The van der Waals surface area contributed by atoms with Gasteiger partial charge in [-0.2, -0.15) is 0 Å². The second-order valence-electron chi connectivity index (χ2n) is 4.58. The number of thiophene rings is 1. The number of benzene rings is 1. The Hall–Kier alpha value is -2.32. The molecule has 0 aliphatic heterocycles. The summed E-state index contributed by atoms with van der Waals surface area (Å²) < 4.78 is 5.05. The second-order valence-corrected chi connectivity index (χ2v) is 6.80. The van der Waals surface area contributed by atoms with E-state index in [-0.39, 0.29) is 5.56 Å². The summed E-state index contributed by atoms with van der Waals surface area (Å²) in [7, 11) is 0. The predicted molar refractivity (Wildman–Crippen MR) is 94.6 cm³/mol. The van der Waals surface area contributed by atoms with Crippen molar-refractivity contribution in [3.63, 3.8) is 0 Å². The summed E-state index contributed by atoms with van der Waals surface area (Å²) in [6.45, 7) is 1.54. The number of hydrogen-bond donors (Lipinski definition) is 2. The highest BCUT2D eigenvalue weighted by Gasteiger charge is 2.16. The van der Waals surface area contributed by atoms with E-state index >= 15 is 0 Å². The highest BCUT2D eigenvalue weighted by molar-refractivity contribution is 7.99. The van der Waals surface area contributed by atoms with E-state index in [0.717, 1.165) is 10.6 Å². The summed E-state index contributed by atoms with van der Waals surface area (Å²) >= 11 is 2.69. The fourth-order valence-corrected chi connectivity index (χ4v) is 3.49. The lowest BCUT2D eigenvalue weighted by atomic mass is 10.2. The molecule has 1 aromatic carbocycles. The maximum Gasteiger partial charge on any atom is 0.339 e. The molecule has 0 radical (unpaired) electrons. The van der Waals surface area contributed by atoms with Crippen LogP contribution in [0.1, 0.15) is 27.6 Å². The Morgan fingerprint density at radius 3 is 2.67 bits per heavy atom. The lowest BCUT2D eigenvalue weighted by Gasteiger charge is -2.09. The van der Waals surface area contributed by atoms with Crippen LogP contribution in [0.2, 0.25) is 0 Å². The van der Waals surface area contributed by atoms with Crippen LogP contribution < -0.4 is 11.1 Å². The van der Waals surface area contributed by atoms with E-state index in [2.05, 4.69) is 5.32 Å². The number of ether oxygens (including phenoxy) is 1. The third-order valence-electron chi connectivity index (χ3n) is 2.92. The summed E-state index contributed by atoms with van der Waals surface area (Å²) in [5.74, 6) is -0.912. The van der Waals surface area contributed by atoms with Crippen LogP contribution in [0.3, 0.4) is 0 Å². The Morgan fingerprint density at radius 1 is 1.21 bits per heavy atom. The summed E-state index contributed by atoms with van der Waals surface area (Å²) in [5, 5.41) is 4.49. The predicted octanol–water partition coefficient (Wildman–Crippen LogP) is 2.75. The number of anilines is 1. The lowest BCUT2D eigenvalue weighted by molar-refractivity contribution is -0.119. The fourth-order valence-electron chi connectivity index (χ4n) is 1.89. The Morgan fingerprint density at radius 2 is 1.96 bits per heavy atom. The van der Waals surface area contributed by atoms with E-state index in [1.807, 2.05) is 19.1 Å². The molecule has 2 amide bonds. The van der Waals surface area contributed by atoms with Gasteiger partial charge in [-0.25, -0.2) is 4.79 Å². The van der Waals surface area contributed by atoms with Gasteiger partial charge in [-0.05, 0) is 29.3 Å². The molecule has 0 saturated heterocycles. The zero-order valence-corrected chi connectivity index (χ0v) is 14.5. The monoisotopic (exact) mass is 364 g/mol. The van der Waals surface area contributed by atoms with Gasteiger partial charge in [0.25, 0.3) is 11.8 Å². The molecule has 3 N–H and O–H groups in total. The number of hydrogen-bond acceptors (Lipinski definition) is 6. The van der Waals surface area contributed by atoms with Crippen LogP contribution >= 0.6 is 23.1 Å². The first kappa shape index (κ1) is 18.0. The van der Waals surface area contributed by atoms with Crippen LogP contribution in [0, 0.1) is 0 Å². The number of amides is 2. The molecule has 0 unspecified atom stereocenters. The zero-order chi connectivity index (χ0) is 17.5. The fraction of sp³-hybridized carbons (Fsp3) is 0.188. The summed E-state index contributed by atoms with van der Waals surface area (Å²) in [6, 6.07) is 8.58. The molecule has 126 valence electrons. The maximum absolute atomic E-state index is 12.1. The molecular weight excluding hydrogens is 348 g/mol. The third-order valence-corrected chi connectivity index (χ3v) is 4.71. The normalized spacial score (nSPS) is 10.2. The number of carbonyl (C=O) groups excluding carboxylic acids is 3. The quantitative estimate of drug-likeness (QED) is 0.581. The highest BCUT2D eigenvalue weighted by atomic mass is 32.2. The van der Waals surface area contributed by atoms with Gasteiger partial charge in [0.15, 0.2) is 6.61 Å². The van der Waals surface area contributed by atoms with Gasteiger partial charge in [-0.15, -0.1) is 23.1 Å². The smallest absolute Gasteiger partial charge is 0.339 e. The Bertz CT molecular complexity index is 758. The molecule has 0 bridgehead atoms. The van der Waals surface area contributed by atoms with E-state index in [0.29, 0.717) is 10.6 Å². The number of rotatable bonds is 7. The van der Waals surface area contributed by atoms with Crippen molar-refractivity contribution >= 4 is 45.9 Å². The minimum atomic E-state index is -0.630. The number of nitrogens with two attached hydrogens (primary N) is 1. The van der Waals surface area contributed by atoms with Crippen LogP contribution in [0.5, 0.6) is 0 Å². The highest BCUT2D eigenvalue weighted by Crippen LogP contribution is 2.24. The molecular formula is C16H16N2O4S2. The zero-order valence-electron chi connectivity index (χ0n) is 12.9. The molecule has 8 heteroatoms. The summed E-state index contributed by atoms with van der Waals surface area (Å²) in [4.78, 5) is 36.0. The second kappa shape index (κ2) is 8.51. The molecule has 2 rings (SSSR count). The van der Waals surface area contributed by atoms with Crippen molar-refractivity contribution in [2.75, 3.05) is 17.7 Å². The van der Waals surface area contributed by atoms with Gasteiger partial charge >= 0.3 is 5.97 Å². The Kier molecular flexibility index (Phi) is 6.39. The molecule has 0 aliphatic rings. The van der Waals surface area contributed by atoms with Gasteiger partial charge in [0, 0.05) is 4.90 Å². The van der Waals surface area contributed by atoms with Crippen LogP contribution in [0.4, 0.5) is 5.00 Å². The van der Waals surface area contributed by atoms with Crippen LogP contribution in [0.15, 0.2) is 40.6 Å². The molecule has 0 atom stereocenters. The number of primary amides is 1. The first-order valence-corrected chi connectivity index (χ1v) is 8.95. The Balaban J connectivity index is 1.95. The van der Waals surface area contributed by atoms with E-state index in [1.54, 1.807) is 17.5 Å². The first-order valence-electron chi connectivity index (χ1n) is 7.09. The average molecular weight is 364 g/mol. The SMILES string of the molecule is CCSc1ccccc1C(=O)OCC(=O)Nc1sccc1C(N)=O. The average Bonchev–Trinajstić information content (AvgIpc) is 3.02. The van der Waals surface area contributed by atoms with E-state index in [4.69, 9.17) is 10.5 Å². The van der Waals surface area contributed by atoms with Crippen molar-refractivity contribution in [3.05, 3.63) is 46.8 Å². The topological polar surface area (TPSA) is 98.5 Å². The molecule has 0 aliphatic carbocycles. The standard InChI is InChI=1S/C16H16N2O4S2/c1-2-23-12-6-4-3-5-10(12)16(21)22-9-13(19)18-15-11(14(17)20)7-8-24-15/h3-8H,2,9H2,1H3,(H2,17,20)(H,18,19). The molecule has 1 heterocycles. The largest absolute Gasteiger partial charge is 0.452 e. The lowest BCUT2D eigenvalue weighted by Crippen LogP contribution is -2.22. The molecule has 0 saturated carbocycles. The van der Waals surface area contributed by atoms with E-state index in [1.165, 1.54) is 29.2 Å². The Labute approximate surface area is 147 Å². The molecule has 24 heavy (non-hydrogen) atoms. The van der Waals surface area contributed by atoms with Gasteiger partial charge in [0.1, 0.15) is 5.00 Å². The van der Waals surface area contributed by atoms with Crippen LogP contribution in [0.25, 0.3) is 0 Å². The van der Waals surface area contributed by atoms with Crippen molar-refractivity contribution in [1.82, 2.24) is 0 Å². The molecule has 2 aromatic rings. The van der Waals surface area contributed by atoms with Gasteiger partial charge in [-0.1, -0.05) is 19.1 Å². The van der Waals surface area contributed by atoms with Crippen molar-refractivity contribution in [2.24, 2.45) is 5.73 Å². The van der Waals surface area contributed by atoms with Crippen molar-refractivity contribution < 1.29 is 19.1 Å². The number of carbonyl (C=O) groups is 3. The molecule has 0 spiro atoms. The first-order chi connectivity index (χ1) is 11.5. The minimum absolute atomic E-state index is 0.226. The molecule has 6 nitrogen and oxygen atoms in total. The van der Waals surface area contributed by atoms with E-state index in [9.17, 15) is 14.4 Å². The van der Waals surface area contributed by atoms with Crippen LogP contribution in [-0.2, 0) is 9.53 Å². The van der Waals surface area contributed by atoms with E-state index < -0.39 is 24.4 Å². The molecule has 1 aromatic heterocycles. The van der Waals surface area contributed by atoms with Gasteiger partial charge < -0.3 is 15.8 Å². The van der Waals surface area contributed by atoms with Crippen molar-refractivity contribution in [3.8, 4) is 0 Å². The van der Waals surface area contributed by atoms with Crippen molar-refractivity contribution in [1.29, 1.82) is 0 Å². The van der Waals surface area contributed by atoms with Crippen LogP contribution in [-0.4, -0.2) is 30.1 Å². The number of esters is 1. The van der Waals surface area contributed by atoms with Gasteiger partial charge in [0.2, 0.25) is 0 Å².